The molecule has 114 valence electrons. The van der Waals surface area contributed by atoms with Crippen LogP contribution < -0.4 is 0 Å². The number of aryl methyl sites for hydroxylation is 1. The molecule has 0 spiro atoms. The first kappa shape index (κ1) is 13.6. The van der Waals surface area contributed by atoms with Crippen molar-refractivity contribution < 1.29 is 0 Å². The van der Waals surface area contributed by atoms with Crippen molar-refractivity contribution in [2.75, 3.05) is 0 Å². The summed E-state index contributed by atoms with van der Waals surface area (Å²) in [6.45, 7) is 5.58. The molecule has 1 aliphatic heterocycles. The van der Waals surface area contributed by atoms with Crippen molar-refractivity contribution in [3.05, 3.63) is 53.6 Å². The molecule has 0 saturated carbocycles. The molecule has 22 heavy (non-hydrogen) atoms. The molecule has 0 fully saturated rings. The molecule has 0 aliphatic carbocycles. The van der Waals surface area contributed by atoms with E-state index >= 15 is 0 Å². The van der Waals surface area contributed by atoms with Crippen molar-refractivity contribution in [2.24, 2.45) is 5.92 Å². The highest BCUT2D eigenvalue weighted by atomic mass is 15.3. The van der Waals surface area contributed by atoms with Gasteiger partial charge in [-0.15, -0.1) is 0 Å². The molecule has 1 unspecified atom stereocenters. The molecule has 1 aliphatic rings. The van der Waals surface area contributed by atoms with Crippen LogP contribution in [-0.2, 0) is 19.4 Å². The van der Waals surface area contributed by atoms with E-state index in [4.69, 9.17) is 0 Å². The molecule has 0 radical (unpaired) electrons. The fraction of sp³-hybridized carbons (Fsp3) is 0.444. The average molecular weight is 294 g/mol. The van der Waals surface area contributed by atoms with E-state index in [0.29, 0.717) is 11.8 Å². The van der Waals surface area contributed by atoms with Crippen molar-refractivity contribution in [2.45, 2.75) is 45.6 Å². The number of rotatable bonds is 4. The zero-order chi connectivity index (χ0) is 15.1. The zero-order valence-corrected chi connectivity index (χ0v) is 13.2. The van der Waals surface area contributed by atoms with Gasteiger partial charge in [0.15, 0.2) is 0 Å². The Morgan fingerprint density at radius 2 is 2.14 bits per heavy atom. The molecule has 4 heteroatoms. The van der Waals surface area contributed by atoms with Gasteiger partial charge < -0.3 is 0 Å². The molecule has 4 nitrogen and oxygen atoms in total. The van der Waals surface area contributed by atoms with Crippen LogP contribution in [-0.4, -0.2) is 19.4 Å². The Hall–Kier alpha value is -2.10. The largest absolute Gasteiger partial charge is 0.269 e. The Morgan fingerprint density at radius 3 is 3.00 bits per heavy atom. The van der Waals surface area contributed by atoms with Crippen LogP contribution >= 0.6 is 0 Å². The Bertz CT molecular complexity index is 796. The van der Waals surface area contributed by atoms with Crippen molar-refractivity contribution in [1.29, 1.82) is 0 Å². The molecule has 0 N–H and O–H groups in total. The van der Waals surface area contributed by atoms with Crippen LogP contribution in [0.5, 0.6) is 0 Å². The molecule has 3 aromatic rings. The second-order valence-electron chi connectivity index (χ2n) is 6.69. The van der Waals surface area contributed by atoms with E-state index < -0.39 is 0 Å². The van der Waals surface area contributed by atoms with E-state index in [1.807, 2.05) is 23.0 Å². The van der Waals surface area contributed by atoms with Crippen LogP contribution in [0, 0.1) is 5.92 Å². The van der Waals surface area contributed by atoms with Gasteiger partial charge in [-0.05, 0) is 54.4 Å². The molecule has 0 bridgehead atoms. The molecule has 3 aromatic heterocycles. The summed E-state index contributed by atoms with van der Waals surface area (Å²) in [5.74, 6) is 1.28. The average Bonchev–Trinajstić information content (AvgIpc) is 3.18. The van der Waals surface area contributed by atoms with E-state index in [1.165, 1.54) is 35.2 Å². The van der Waals surface area contributed by atoms with E-state index in [2.05, 4.69) is 47.1 Å². The monoisotopic (exact) mass is 294 g/mol. The fourth-order valence-corrected chi connectivity index (χ4v) is 3.60. The maximum Gasteiger partial charge on any atom is 0.0693 e. The van der Waals surface area contributed by atoms with Crippen molar-refractivity contribution in [3.8, 4) is 0 Å². The molecule has 4 heterocycles. The highest BCUT2D eigenvalue weighted by molar-refractivity contribution is 5.53. The summed E-state index contributed by atoms with van der Waals surface area (Å²) < 4.78 is 4.18. The molecule has 1 atom stereocenters. The summed E-state index contributed by atoms with van der Waals surface area (Å²) >= 11 is 0. The van der Waals surface area contributed by atoms with Gasteiger partial charge in [-0.2, -0.15) is 10.2 Å². The van der Waals surface area contributed by atoms with Crippen molar-refractivity contribution >= 4 is 5.52 Å². The minimum atomic E-state index is 0.571. The van der Waals surface area contributed by atoms with E-state index in [1.54, 1.807) is 0 Å². The third-order valence-electron chi connectivity index (χ3n) is 4.84. The van der Waals surface area contributed by atoms with Gasteiger partial charge in [0.05, 0.1) is 17.9 Å². The fourth-order valence-electron chi connectivity index (χ4n) is 3.60. The van der Waals surface area contributed by atoms with Crippen LogP contribution in [0.4, 0.5) is 0 Å². The number of hydrogen-bond donors (Lipinski definition) is 0. The molecule has 0 aromatic carbocycles. The first-order valence-electron chi connectivity index (χ1n) is 8.18. The standard InChI is InChI=1S/C18H22N4/c1-13(2)16-11-20-22-12-14(9-18(16)22)6-7-15-10-19-21-8-4-3-5-17(15)21/h3-5,8,10-11,13-14H,6-7,9,12H2,1-2H3. The number of hydrogen-bond acceptors (Lipinski definition) is 2. The first-order chi connectivity index (χ1) is 10.7. The quantitative estimate of drug-likeness (QED) is 0.738. The molecule has 0 amide bonds. The lowest BCUT2D eigenvalue weighted by atomic mass is 9.95. The Labute approximate surface area is 130 Å². The van der Waals surface area contributed by atoms with Crippen LogP contribution in [0.2, 0.25) is 0 Å². The van der Waals surface area contributed by atoms with E-state index in [9.17, 15) is 0 Å². The first-order valence-corrected chi connectivity index (χ1v) is 8.18. The summed E-state index contributed by atoms with van der Waals surface area (Å²) in [6.07, 6.45) is 9.56. The number of nitrogens with zero attached hydrogens (tertiary/aromatic N) is 4. The lowest BCUT2D eigenvalue weighted by Crippen LogP contribution is -2.05. The SMILES string of the molecule is CC(C)c1cnn2c1CC(CCc1cnn3ccccc13)C2. The highest BCUT2D eigenvalue weighted by Crippen LogP contribution is 2.30. The lowest BCUT2D eigenvalue weighted by molar-refractivity contribution is 0.456. The van der Waals surface area contributed by atoms with Crippen LogP contribution in [0.25, 0.3) is 5.52 Å². The summed E-state index contributed by atoms with van der Waals surface area (Å²) in [4.78, 5) is 0. The molecular weight excluding hydrogens is 272 g/mol. The Morgan fingerprint density at radius 1 is 1.23 bits per heavy atom. The van der Waals surface area contributed by atoms with Gasteiger partial charge in [-0.1, -0.05) is 19.9 Å². The maximum atomic E-state index is 4.56. The molecule has 0 saturated heterocycles. The summed E-state index contributed by atoms with van der Waals surface area (Å²) in [7, 11) is 0. The topological polar surface area (TPSA) is 35.1 Å². The normalized spacial score (nSPS) is 17.5. The number of fused-ring (bicyclic) bond motifs is 2. The van der Waals surface area contributed by atoms with Crippen molar-refractivity contribution in [3.63, 3.8) is 0 Å². The van der Waals surface area contributed by atoms with Crippen molar-refractivity contribution in [1.82, 2.24) is 19.4 Å². The second kappa shape index (κ2) is 5.27. The minimum absolute atomic E-state index is 0.571. The van der Waals surface area contributed by atoms with Crippen LogP contribution in [0.15, 0.2) is 36.8 Å². The van der Waals surface area contributed by atoms with Gasteiger partial charge in [0.1, 0.15) is 0 Å². The van der Waals surface area contributed by atoms with Gasteiger partial charge >= 0.3 is 0 Å². The van der Waals surface area contributed by atoms with Gasteiger partial charge in [0.25, 0.3) is 0 Å². The third kappa shape index (κ3) is 2.23. The van der Waals surface area contributed by atoms with E-state index in [0.717, 1.165) is 13.0 Å². The second-order valence-corrected chi connectivity index (χ2v) is 6.69. The van der Waals surface area contributed by atoms with Gasteiger partial charge in [0.2, 0.25) is 0 Å². The molecular formula is C18H22N4. The molecule has 4 rings (SSSR count). The predicted molar refractivity (Wildman–Crippen MR) is 87.0 cm³/mol. The Kier molecular flexibility index (Phi) is 3.25. The van der Waals surface area contributed by atoms with E-state index in [-0.39, 0.29) is 0 Å². The highest BCUT2D eigenvalue weighted by Gasteiger charge is 2.26. The zero-order valence-electron chi connectivity index (χ0n) is 13.2. The van der Waals surface area contributed by atoms with Crippen LogP contribution in [0.3, 0.4) is 0 Å². The summed E-state index contributed by atoms with van der Waals surface area (Å²) in [5, 5.41) is 8.99. The van der Waals surface area contributed by atoms with Gasteiger partial charge in [0, 0.05) is 18.4 Å². The third-order valence-corrected chi connectivity index (χ3v) is 4.84. The van der Waals surface area contributed by atoms with Crippen LogP contribution in [0.1, 0.15) is 43.0 Å². The number of pyridine rings is 1. The summed E-state index contributed by atoms with van der Waals surface area (Å²) in [5.41, 5.74) is 5.48. The van der Waals surface area contributed by atoms with Gasteiger partial charge in [-0.3, -0.25) is 4.68 Å². The smallest absolute Gasteiger partial charge is 0.0693 e. The summed E-state index contributed by atoms with van der Waals surface area (Å²) in [6, 6.07) is 6.26. The maximum absolute atomic E-state index is 4.56. The lowest BCUT2D eigenvalue weighted by Gasteiger charge is -2.08. The minimum Gasteiger partial charge on any atom is -0.269 e. The Balaban J connectivity index is 1.45. The number of aromatic nitrogens is 4. The van der Waals surface area contributed by atoms with Gasteiger partial charge in [-0.25, -0.2) is 4.52 Å². The predicted octanol–water partition coefficient (Wildman–Crippen LogP) is 3.46.